The summed E-state index contributed by atoms with van der Waals surface area (Å²) >= 11 is 0. The van der Waals surface area contributed by atoms with Gasteiger partial charge in [0.1, 0.15) is 5.75 Å². The van der Waals surface area contributed by atoms with Gasteiger partial charge >= 0.3 is 0 Å². The number of ether oxygens (including phenoxy) is 1. The average molecular weight is 385 g/mol. The molecule has 3 fully saturated rings. The number of hydrogen-bond acceptors (Lipinski definition) is 3. The molecule has 0 amide bonds. The van der Waals surface area contributed by atoms with Gasteiger partial charge in [0.2, 0.25) is 0 Å². The van der Waals surface area contributed by atoms with Crippen LogP contribution in [0.5, 0.6) is 5.75 Å². The highest BCUT2D eigenvalue weighted by Gasteiger charge is 2.40. The zero-order valence-corrected chi connectivity index (χ0v) is 18.8. The van der Waals surface area contributed by atoms with Crippen molar-refractivity contribution in [2.24, 2.45) is 16.7 Å². The van der Waals surface area contributed by atoms with Crippen molar-refractivity contribution in [2.75, 3.05) is 44.7 Å². The van der Waals surface area contributed by atoms with E-state index in [9.17, 15) is 0 Å². The van der Waals surface area contributed by atoms with Crippen molar-refractivity contribution in [3.63, 3.8) is 0 Å². The van der Waals surface area contributed by atoms with Gasteiger partial charge in [-0.3, -0.25) is 4.90 Å². The van der Waals surface area contributed by atoms with Gasteiger partial charge in [-0.15, -0.1) is 0 Å². The Bertz CT molecular complexity index is 668. The lowest BCUT2D eigenvalue weighted by molar-refractivity contribution is 0.0969. The highest BCUT2D eigenvalue weighted by atomic mass is 16.5. The molecule has 1 heterocycles. The normalized spacial score (nSPS) is 25.7. The van der Waals surface area contributed by atoms with Gasteiger partial charge in [-0.05, 0) is 66.4 Å². The smallest absolute Gasteiger partial charge is 0.120 e. The Morgan fingerprint density at radius 3 is 2.18 bits per heavy atom. The van der Waals surface area contributed by atoms with Gasteiger partial charge in [-0.25, -0.2) is 0 Å². The summed E-state index contributed by atoms with van der Waals surface area (Å²) in [7, 11) is 1.79. The molecule has 156 valence electrons. The van der Waals surface area contributed by atoms with Gasteiger partial charge < -0.3 is 9.64 Å². The Balaban J connectivity index is 1.56. The van der Waals surface area contributed by atoms with Gasteiger partial charge in [0.05, 0.1) is 7.11 Å². The predicted octanol–water partition coefficient (Wildman–Crippen LogP) is 5.55. The molecule has 28 heavy (non-hydrogen) atoms. The minimum Gasteiger partial charge on any atom is -0.497 e. The molecular weight excluding hydrogens is 344 g/mol. The molecular formula is C25H40N2O. The zero-order valence-electron chi connectivity index (χ0n) is 18.8. The molecule has 3 nitrogen and oxygen atoms in total. The molecule has 4 rings (SSSR count). The van der Waals surface area contributed by atoms with E-state index >= 15 is 0 Å². The van der Waals surface area contributed by atoms with Crippen LogP contribution in [0.1, 0.15) is 71.3 Å². The van der Waals surface area contributed by atoms with Gasteiger partial charge in [-0.1, -0.05) is 33.8 Å². The second-order valence-electron chi connectivity index (χ2n) is 11.3. The summed E-state index contributed by atoms with van der Waals surface area (Å²) in [5.74, 6) is 2.63. The largest absolute Gasteiger partial charge is 0.497 e. The first kappa shape index (κ1) is 20.1. The second-order valence-corrected chi connectivity index (χ2v) is 11.3. The molecule has 0 atom stereocenters. The summed E-state index contributed by atoms with van der Waals surface area (Å²) < 4.78 is 5.61. The van der Waals surface area contributed by atoms with Crippen LogP contribution in [0.3, 0.4) is 0 Å². The van der Waals surface area contributed by atoms with Gasteiger partial charge in [0, 0.05) is 44.5 Å². The van der Waals surface area contributed by atoms with Crippen LogP contribution in [0.15, 0.2) is 18.2 Å². The molecule has 0 N–H and O–H groups in total. The standard InChI is InChI=1S/C25H40N2O/c1-24(2)15-20(16-25(3,4)18-24)22-9-8-21(28-5)14-23(22)27-12-10-26(11-13-27)17-19-6-7-19/h8-9,14,19-20H,6-7,10-13,15-18H2,1-5H3. The molecule has 1 aliphatic heterocycles. The second kappa shape index (κ2) is 7.55. The maximum Gasteiger partial charge on any atom is 0.120 e. The van der Waals surface area contributed by atoms with Crippen LogP contribution in [0.4, 0.5) is 5.69 Å². The zero-order chi connectivity index (χ0) is 19.9. The van der Waals surface area contributed by atoms with E-state index in [1.807, 2.05) is 0 Å². The fourth-order valence-corrected chi connectivity index (χ4v) is 6.17. The number of piperazine rings is 1. The lowest BCUT2D eigenvalue weighted by atomic mass is 9.60. The Kier molecular flexibility index (Phi) is 5.41. The van der Waals surface area contributed by atoms with E-state index in [2.05, 4.69) is 55.7 Å². The molecule has 1 aromatic carbocycles. The summed E-state index contributed by atoms with van der Waals surface area (Å²) in [5, 5.41) is 0. The first-order valence-corrected chi connectivity index (χ1v) is 11.4. The molecule has 1 saturated heterocycles. The van der Waals surface area contributed by atoms with E-state index in [-0.39, 0.29) is 0 Å². The van der Waals surface area contributed by atoms with Crippen LogP contribution >= 0.6 is 0 Å². The average Bonchev–Trinajstić information content (AvgIpc) is 3.43. The fourth-order valence-electron chi connectivity index (χ4n) is 6.17. The SMILES string of the molecule is COc1ccc(C2CC(C)(C)CC(C)(C)C2)c(N2CCN(CC3CC3)CC2)c1. The summed E-state index contributed by atoms with van der Waals surface area (Å²) in [6, 6.07) is 6.85. The Hall–Kier alpha value is -1.22. The van der Waals surface area contributed by atoms with Crippen molar-refractivity contribution in [1.82, 2.24) is 4.90 Å². The fraction of sp³-hybridized carbons (Fsp3) is 0.760. The van der Waals surface area contributed by atoms with E-state index < -0.39 is 0 Å². The Morgan fingerprint density at radius 2 is 1.61 bits per heavy atom. The number of benzene rings is 1. The molecule has 3 aliphatic rings. The van der Waals surface area contributed by atoms with Gasteiger partial charge in [0.25, 0.3) is 0 Å². The molecule has 3 heteroatoms. The minimum absolute atomic E-state index is 0.409. The number of nitrogens with zero attached hydrogens (tertiary/aromatic N) is 2. The van der Waals surface area contributed by atoms with Crippen LogP contribution in [0.25, 0.3) is 0 Å². The van der Waals surface area contributed by atoms with Crippen molar-refractivity contribution < 1.29 is 4.74 Å². The van der Waals surface area contributed by atoms with Crippen LogP contribution in [0, 0.1) is 16.7 Å². The molecule has 2 saturated carbocycles. The summed E-state index contributed by atoms with van der Waals surface area (Å²) in [4.78, 5) is 5.32. The van der Waals surface area contributed by atoms with Crippen LogP contribution in [-0.2, 0) is 0 Å². The molecule has 0 unspecified atom stereocenters. The van der Waals surface area contributed by atoms with E-state index in [0.717, 1.165) is 24.8 Å². The lowest BCUT2D eigenvalue weighted by Crippen LogP contribution is -2.47. The first-order chi connectivity index (χ1) is 13.2. The Morgan fingerprint density at radius 1 is 0.964 bits per heavy atom. The lowest BCUT2D eigenvalue weighted by Gasteiger charge is -2.46. The monoisotopic (exact) mass is 384 g/mol. The number of hydrogen-bond donors (Lipinski definition) is 0. The van der Waals surface area contributed by atoms with Gasteiger partial charge in [0.15, 0.2) is 0 Å². The number of methoxy groups -OCH3 is 1. The van der Waals surface area contributed by atoms with Crippen LogP contribution in [-0.4, -0.2) is 44.7 Å². The minimum atomic E-state index is 0.409. The summed E-state index contributed by atoms with van der Waals surface area (Å²) in [6.07, 6.45) is 6.80. The van der Waals surface area contributed by atoms with Crippen molar-refractivity contribution in [3.05, 3.63) is 23.8 Å². The topological polar surface area (TPSA) is 15.7 Å². The van der Waals surface area contributed by atoms with Crippen LogP contribution in [0.2, 0.25) is 0 Å². The van der Waals surface area contributed by atoms with E-state index in [1.54, 1.807) is 12.7 Å². The molecule has 0 radical (unpaired) electrons. The van der Waals surface area contributed by atoms with E-state index in [0.29, 0.717) is 16.7 Å². The summed E-state index contributed by atoms with van der Waals surface area (Å²) in [6.45, 7) is 15.9. The van der Waals surface area contributed by atoms with Crippen molar-refractivity contribution in [3.8, 4) is 5.75 Å². The summed E-state index contributed by atoms with van der Waals surface area (Å²) in [5.41, 5.74) is 3.81. The third-order valence-electron chi connectivity index (χ3n) is 7.16. The third kappa shape index (κ3) is 4.67. The van der Waals surface area contributed by atoms with Crippen molar-refractivity contribution >= 4 is 5.69 Å². The maximum absolute atomic E-state index is 5.61. The van der Waals surface area contributed by atoms with E-state index in [4.69, 9.17) is 4.74 Å². The van der Waals surface area contributed by atoms with E-state index in [1.165, 1.54) is 57.4 Å². The first-order valence-electron chi connectivity index (χ1n) is 11.4. The quantitative estimate of drug-likeness (QED) is 0.662. The third-order valence-corrected chi connectivity index (χ3v) is 7.16. The maximum atomic E-state index is 5.61. The Labute approximate surface area is 172 Å². The van der Waals surface area contributed by atoms with Crippen molar-refractivity contribution in [2.45, 2.75) is 65.7 Å². The molecule has 0 aromatic heterocycles. The highest BCUT2D eigenvalue weighted by Crippen LogP contribution is 2.53. The molecule has 2 aliphatic carbocycles. The predicted molar refractivity (Wildman–Crippen MR) is 119 cm³/mol. The van der Waals surface area contributed by atoms with Gasteiger partial charge in [-0.2, -0.15) is 0 Å². The molecule has 0 spiro atoms. The number of rotatable bonds is 5. The highest BCUT2D eigenvalue weighted by molar-refractivity contribution is 5.59. The van der Waals surface area contributed by atoms with Crippen molar-refractivity contribution in [1.29, 1.82) is 0 Å². The number of anilines is 1. The molecule has 0 bridgehead atoms. The van der Waals surface area contributed by atoms with Crippen LogP contribution < -0.4 is 9.64 Å². The molecule has 1 aromatic rings.